The number of nitrogens with one attached hydrogen (secondary N) is 1. The van der Waals surface area contributed by atoms with E-state index in [0.29, 0.717) is 6.04 Å². The van der Waals surface area contributed by atoms with Crippen LogP contribution in [0.1, 0.15) is 29.9 Å². The Morgan fingerprint density at radius 2 is 1.74 bits per heavy atom. The predicted molar refractivity (Wildman–Crippen MR) is 79.5 cm³/mol. The normalized spacial score (nSPS) is 12.4. The quantitative estimate of drug-likeness (QED) is 0.865. The van der Waals surface area contributed by atoms with Gasteiger partial charge in [0.15, 0.2) is 5.16 Å². The van der Waals surface area contributed by atoms with Gasteiger partial charge in [0.25, 0.3) is 0 Å². The molecular weight excluding hydrogens is 254 g/mol. The van der Waals surface area contributed by atoms with E-state index < -0.39 is 0 Å². The van der Waals surface area contributed by atoms with Crippen LogP contribution in [0.4, 0.5) is 0 Å². The second-order valence-corrected chi connectivity index (χ2v) is 5.59. The minimum atomic E-state index is 0.314. The minimum Gasteiger partial charge on any atom is -0.313 e. The first-order valence-electron chi connectivity index (χ1n) is 6.36. The van der Waals surface area contributed by atoms with Gasteiger partial charge >= 0.3 is 0 Å². The standard InChI is InChI=1S/C15H19N3S/c1-10-9-11(2)18-15(17-10)19-14-8-6-5-7-13(14)12(3)16-4/h5-9,12,16H,1-4H3. The van der Waals surface area contributed by atoms with Crippen LogP contribution in [0.25, 0.3) is 0 Å². The highest BCUT2D eigenvalue weighted by Crippen LogP contribution is 2.31. The molecule has 1 aromatic heterocycles. The summed E-state index contributed by atoms with van der Waals surface area (Å²) in [5.74, 6) is 0. The largest absolute Gasteiger partial charge is 0.313 e. The average Bonchev–Trinajstić information content (AvgIpc) is 2.37. The second-order valence-electron chi connectivity index (χ2n) is 4.58. The van der Waals surface area contributed by atoms with Crippen LogP contribution in [-0.2, 0) is 0 Å². The van der Waals surface area contributed by atoms with Crippen molar-refractivity contribution in [3.63, 3.8) is 0 Å². The summed E-state index contributed by atoms with van der Waals surface area (Å²) in [4.78, 5) is 10.2. The molecule has 0 saturated heterocycles. The van der Waals surface area contributed by atoms with E-state index in [2.05, 4.69) is 46.5 Å². The first-order valence-corrected chi connectivity index (χ1v) is 7.18. The van der Waals surface area contributed by atoms with Crippen LogP contribution in [0, 0.1) is 13.8 Å². The maximum Gasteiger partial charge on any atom is 0.192 e. The van der Waals surface area contributed by atoms with Gasteiger partial charge in [0.05, 0.1) is 0 Å². The molecule has 1 unspecified atom stereocenters. The summed E-state index contributed by atoms with van der Waals surface area (Å²) in [6, 6.07) is 10.7. The minimum absolute atomic E-state index is 0.314. The van der Waals surface area contributed by atoms with Crippen molar-refractivity contribution >= 4 is 11.8 Å². The summed E-state index contributed by atoms with van der Waals surface area (Å²) in [7, 11) is 1.97. The molecule has 0 fully saturated rings. The lowest BCUT2D eigenvalue weighted by Gasteiger charge is -2.14. The van der Waals surface area contributed by atoms with Crippen molar-refractivity contribution in [3.05, 3.63) is 47.3 Å². The molecule has 0 spiro atoms. The highest BCUT2D eigenvalue weighted by molar-refractivity contribution is 7.99. The van der Waals surface area contributed by atoms with E-state index in [1.807, 2.05) is 27.0 Å². The zero-order valence-electron chi connectivity index (χ0n) is 11.8. The molecule has 4 heteroatoms. The third kappa shape index (κ3) is 3.55. The van der Waals surface area contributed by atoms with Crippen LogP contribution in [0.3, 0.4) is 0 Å². The molecule has 0 aliphatic heterocycles. The Morgan fingerprint density at radius 1 is 1.11 bits per heavy atom. The first kappa shape index (κ1) is 14.0. The summed E-state index contributed by atoms with van der Waals surface area (Å²) in [5.41, 5.74) is 3.29. The molecule has 0 bridgehead atoms. The summed E-state index contributed by atoms with van der Waals surface area (Å²) < 4.78 is 0. The van der Waals surface area contributed by atoms with Crippen LogP contribution in [0.15, 0.2) is 40.4 Å². The van der Waals surface area contributed by atoms with Crippen molar-refractivity contribution in [1.82, 2.24) is 15.3 Å². The van der Waals surface area contributed by atoms with Crippen molar-refractivity contribution < 1.29 is 0 Å². The monoisotopic (exact) mass is 273 g/mol. The molecule has 19 heavy (non-hydrogen) atoms. The van der Waals surface area contributed by atoms with E-state index in [9.17, 15) is 0 Å². The number of hydrogen-bond acceptors (Lipinski definition) is 4. The van der Waals surface area contributed by atoms with Gasteiger partial charge in [-0.1, -0.05) is 18.2 Å². The van der Waals surface area contributed by atoms with E-state index in [1.165, 1.54) is 10.5 Å². The zero-order chi connectivity index (χ0) is 13.8. The lowest BCUT2D eigenvalue weighted by Crippen LogP contribution is -2.13. The zero-order valence-corrected chi connectivity index (χ0v) is 12.6. The van der Waals surface area contributed by atoms with Gasteiger partial charge in [0.2, 0.25) is 0 Å². The SMILES string of the molecule is CNC(C)c1ccccc1Sc1nc(C)cc(C)n1. The number of benzene rings is 1. The fourth-order valence-electron chi connectivity index (χ4n) is 1.92. The molecule has 1 heterocycles. The highest BCUT2D eigenvalue weighted by atomic mass is 32.2. The fourth-order valence-corrected chi connectivity index (χ4v) is 3.01. The molecule has 3 nitrogen and oxygen atoms in total. The molecule has 1 atom stereocenters. The molecule has 1 N–H and O–H groups in total. The van der Waals surface area contributed by atoms with Gasteiger partial charge in [0.1, 0.15) is 0 Å². The van der Waals surface area contributed by atoms with Gasteiger partial charge < -0.3 is 5.32 Å². The summed E-state index contributed by atoms with van der Waals surface area (Å²) in [6.07, 6.45) is 0. The number of aromatic nitrogens is 2. The van der Waals surface area contributed by atoms with Crippen molar-refractivity contribution in [3.8, 4) is 0 Å². The van der Waals surface area contributed by atoms with Crippen LogP contribution < -0.4 is 5.32 Å². The van der Waals surface area contributed by atoms with Gasteiger partial charge in [-0.25, -0.2) is 9.97 Å². The summed E-state index contributed by atoms with van der Waals surface area (Å²) in [6.45, 7) is 6.16. The lowest BCUT2D eigenvalue weighted by molar-refractivity contribution is 0.641. The molecule has 2 aromatic rings. The van der Waals surface area contributed by atoms with Crippen LogP contribution in [0.2, 0.25) is 0 Å². The Bertz CT molecular complexity index is 549. The molecule has 0 radical (unpaired) electrons. The topological polar surface area (TPSA) is 37.8 Å². The molecule has 0 saturated carbocycles. The fraction of sp³-hybridized carbons (Fsp3) is 0.333. The molecule has 0 aliphatic carbocycles. The number of aryl methyl sites for hydroxylation is 2. The molecule has 2 rings (SSSR count). The molecular formula is C15H19N3S. The maximum atomic E-state index is 4.49. The molecule has 1 aromatic carbocycles. The van der Waals surface area contributed by atoms with Crippen molar-refractivity contribution in [2.75, 3.05) is 7.05 Å². The van der Waals surface area contributed by atoms with Crippen molar-refractivity contribution in [2.45, 2.75) is 36.9 Å². The van der Waals surface area contributed by atoms with Gasteiger partial charge in [-0.15, -0.1) is 0 Å². The predicted octanol–water partition coefficient (Wildman–Crippen LogP) is 3.53. The Hall–Kier alpha value is -1.39. The average molecular weight is 273 g/mol. The van der Waals surface area contributed by atoms with Crippen LogP contribution >= 0.6 is 11.8 Å². The third-order valence-corrected chi connectivity index (χ3v) is 3.94. The van der Waals surface area contributed by atoms with Gasteiger partial charge in [-0.3, -0.25) is 0 Å². The Balaban J connectivity index is 2.32. The van der Waals surface area contributed by atoms with Crippen molar-refractivity contribution in [2.24, 2.45) is 0 Å². The second kappa shape index (κ2) is 6.17. The molecule has 0 amide bonds. The smallest absolute Gasteiger partial charge is 0.192 e. The van der Waals surface area contributed by atoms with E-state index in [0.717, 1.165) is 16.5 Å². The molecule has 100 valence electrons. The van der Waals surface area contributed by atoms with E-state index in [-0.39, 0.29) is 0 Å². The maximum absolute atomic E-state index is 4.49. The van der Waals surface area contributed by atoms with Crippen molar-refractivity contribution in [1.29, 1.82) is 0 Å². The lowest BCUT2D eigenvalue weighted by atomic mass is 10.1. The first-order chi connectivity index (χ1) is 9.10. The third-order valence-electron chi connectivity index (χ3n) is 2.98. The Morgan fingerprint density at radius 3 is 2.37 bits per heavy atom. The molecule has 0 aliphatic rings. The summed E-state index contributed by atoms with van der Waals surface area (Å²) >= 11 is 1.62. The van der Waals surface area contributed by atoms with Gasteiger partial charge in [-0.05, 0) is 57.3 Å². The van der Waals surface area contributed by atoms with Crippen LogP contribution in [-0.4, -0.2) is 17.0 Å². The Labute approximate surface area is 118 Å². The van der Waals surface area contributed by atoms with Gasteiger partial charge in [0, 0.05) is 22.3 Å². The summed E-state index contributed by atoms with van der Waals surface area (Å²) in [5, 5.41) is 4.09. The number of hydrogen-bond donors (Lipinski definition) is 1. The van der Waals surface area contributed by atoms with E-state index >= 15 is 0 Å². The highest BCUT2D eigenvalue weighted by Gasteiger charge is 2.11. The van der Waals surface area contributed by atoms with E-state index in [4.69, 9.17) is 0 Å². The number of nitrogens with zero attached hydrogens (tertiary/aromatic N) is 2. The van der Waals surface area contributed by atoms with Gasteiger partial charge in [-0.2, -0.15) is 0 Å². The Kier molecular flexibility index (Phi) is 4.56. The van der Waals surface area contributed by atoms with E-state index in [1.54, 1.807) is 11.8 Å². The van der Waals surface area contributed by atoms with Crippen LogP contribution in [0.5, 0.6) is 0 Å². The number of rotatable bonds is 4.